The Balaban J connectivity index is 1.61. The first-order valence-corrected chi connectivity index (χ1v) is 10.7. The lowest BCUT2D eigenvalue weighted by Crippen LogP contribution is -2.39. The van der Waals surface area contributed by atoms with E-state index in [-0.39, 0.29) is 18.0 Å². The molecule has 2 aromatic carbocycles. The Hall–Kier alpha value is -3.25. The molecule has 0 saturated carbocycles. The summed E-state index contributed by atoms with van der Waals surface area (Å²) in [6, 6.07) is 17.8. The van der Waals surface area contributed by atoms with Gasteiger partial charge in [-0.3, -0.25) is 0 Å². The second-order valence-electron chi connectivity index (χ2n) is 7.33. The lowest BCUT2D eigenvalue weighted by molar-refractivity contribution is 0.0526. The van der Waals surface area contributed by atoms with Crippen LogP contribution in [0.25, 0.3) is 0 Å². The Bertz CT molecular complexity index is 1080. The molecule has 1 unspecified atom stereocenters. The van der Waals surface area contributed by atoms with Crippen LogP contribution in [0.15, 0.2) is 66.9 Å². The SMILES string of the molecule is CCOC(=O)c1ccc(NC(=O)N2CCCn3cccc3C2c2ccccc2Cl)cc1. The van der Waals surface area contributed by atoms with Gasteiger partial charge in [0.2, 0.25) is 0 Å². The van der Waals surface area contributed by atoms with Gasteiger partial charge in [-0.2, -0.15) is 0 Å². The van der Waals surface area contributed by atoms with Crippen molar-refractivity contribution in [2.45, 2.75) is 25.9 Å². The number of benzene rings is 2. The number of urea groups is 1. The van der Waals surface area contributed by atoms with Crippen LogP contribution in [-0.2, 0) is 11.3 Å². The van der Waals surface area contributed by atoms with Crippen LogP contribution in [0.2, 0.25) is 5.02 Å². The van der Waals surface area contributed by atoms with Crippen LogP contribution in [0.1, 0.15) is 41.0 Å². The standard InChI is InChI=1S/C24H24ClN3O3/c1-2-31-23(29)17-10-12-18(13-11-17)26-24(30)28-16-6-15-27-14-5-9-21(27)22(28)19-7-3-4-8-20(19)25/h3-5,7-14,22H,2,6,15-16H2,1H3,(H,26,30). The Morgan fingerprint density at radius 1 is 1.06 bits per heavy atom. The first-order chi connectivity index (χ1) is 15.1. The molecule has 0 radical (unpaired) electrons. The lowest BCUT2D eigenvalue weighted by atomic mass is 10.0. The molecule has 1 N–H and O–H groups in total. The predicted octanol–water partition coefficient (Wildman–Crippen LogP) is 5.35. The summed E-state index contributed by atoms with van der Waals surface area (Å²) in [6.45, 7) is 3.50. The first-order valence-electron chi connectivity index (χ1n) is 10.3. The number of amides is 2. The molecule has 7 heteroatoms. The van der Waals surface area contributed by atoms with Crippen LogP contribution in [0.4, 0.5) is 10.5 Å². The molecule has 0 bridgehead atoms. The number of hydrogen-bond donors (Lipinski definition) is 1. The summed E-state index contributed by atoms with van der Waals surface area (Å²) >= 11 is 6.54. The maximum absolute atomic E-state index is 13.3. The van der Waals surface area contributed by atoms with E-state index in [1.807, 2.05) is 47.5 Å². The van der Waals surface area contributed by atoms with E-state index >= 15 is 0 Å². The second kappa shape index (κ2) is 9.27. The summed E-state index contributed by atoms with van der Waals surface area (Å²) in [5.74, 6) is -0.382. The predicted molar refractivity (Wildman–Crippen MR) is 120 cm³/mol. The highest BCUT2D eigenvalue weighted by Gasteiger charge is 2.32. The minimum atomic E-state index is -0.382. The van der Waals surface area contributed by atoms with Gasteiger partial charge in [-0.25, -0.2) is 9.59 Å². The van der Waals surface area contributed by atoms with Crippen molar-refractivity contribution in [1.82, 2.24) is 9.47 Å². The van der Waals surface area contributed by atoms with Gasteiger partial charge in [0.15, 0.2) is 0 Å². The molecule has 0 saturated heterocycles. The molecule has 1 aliphatic rings. The van der Waals surface area contributed by atoms with Gasteiger partial charge in [0.1, 0.15) is 6.04 Å². The highest BCUT2D eigenvalue weighted by Crippen LogP contribution is 2.35. The highest BCUT2D eigenvalue weighted by molar-refractivity contribution is 6.31. The molecule has 2 heterocycles. The third-order valence-electron chi connectivity index (χ3n) is 5.36. The fourth-order valence-electron chi connectivity index (χ4n) is 3.92. The van der Waals surface area contributed by atoms with Gasteiger partial charge in [-0.05, 0) is 61.4 Å². The van der Waals surface area contributed by atoms with Crippen molar-refractivity contribution in [2.24, 2.45) is 0 Å². The van der Waals surface area contributed by atoms with Crippen LogP contribution in [0.5, 0.6) is 0 Å². The van der Waals surface area contributed by atoms with E-state index in [0.717, 1.165) is 24.2 Å². The first kappa shape index (κ1) is 21.0. The van der Waals surface area contributed by atoms with Crippen molar-refractivity contribution in [3.8, 4) is 0 Å². The molecule has 4 rings (SSSR count). The summed E-state index contributed by atoms with van der Waals surface area (Å²) in [5.41, 5.74) is 2.97. The fourth-order valence-corrected chi connectivity index (χ4v) is 4.16. The number of nitrogens with zero attached hydrogens (tertiary/aromatic N) is 2. The summed E-state index contributed by atoms with van der Waals surface area (Å²) in [6.07, 6.45) is 2.87. The number of ether oxygens (including phenoxy) is 1. The number of fused-ring (bicyclic) bond motifs is 1. The monoisotopic (exact) mass is 437 g/mol. The molecule has 6 nitrogen and oxygen atoms in total. The average Bonchev–Trinajstić information content (AvgIpc) is 3.15. The molecule has 31 heavy (non-hydrogen) atoms. The van der Waals surface area contributed by atoms with Gasteiger partial charge >= 0.3 is 12.0 Å². The number of hydrogen-bond acceptors (Lipinski definition) is 3. The zero-order valence-corrected chi connectivity index (χ0v) is 18.0. The lowest BCUT2D eigenvalue weighted by Gasteiger charge is -2.31. The van der Waals surface area contributed by atoms with Gasteiger partial charge in [0.05, 0.1) is 12.2 Å². The summed E-state index contributed by atoms with van der Waals surface area (Å²) in [5, 5.41) is 3.59. The number of anilines is 1. The van der Waals surface area contributed by atoms with Crippen LogP contribution in [0.3, 0.4) is 0 Å². The zero-order valence-electron chi connectivity index (χ0n) is 17.3. The quantitative estimate of drug-likeness (QED) is 0.560. The Labute approximate surface area is 186 Å². The average molecular weight is 438 g/mol. The molecule has 0 fully saturated rings. The number of aromatic nitrogens is 1. The van der Waals surface area contributed by atoms with Gasteiger partial charge in [-0.1, -0.05) is 29.8 Å². The second-order valence-corrected chi connectivity index (χ2v) is 7.73. The van der Waals surface area contributed by atoms with Crippen molar-refractivity contribution < 1.29 is 14.3 Å². The number of nitrogens with one attached hydrogen (secondary N) is 1. The van der Waals surface area contributed by atoms with Crippen LogP contribution >= 0.6 is 11.6 Å². The van der Waals surface area contributed by atoms with E-state index in [1.54, 1.807) is 31.2 Å². The molecular weight excluding hydrogens is 414 g/mol. The van der Waals surface area contributed by atoms with Gasteiger partial charge in [0, 0.05) is 35.7 Å². The van der Waals surface area contributed by atoms with Crippen molar-refractivity contribution in [3.05, 3.63) is 88.7 Å². The van der Waals surface area contributed by atoms with Crippen LogP contribution in [0, 0.1) is 0 Å². The Morgan fingerprint density at radius 3 is 2.58 bits per heavy atom. The summed E-state index contributed by atoms with van der Waals surface area (Å²) < 4.78 is 7.18. The topological polar surface area (TPSA) is 63.6 Å². The van der Waals surface area contributed by atoms with Crippen molar-refractivity contribution in [2.75, 3.05) is 18.5 Å². The zero-order chi connectivity index (χ0) is 21.8. The number of rotatable bonds is 4. The third kappa shape index (κ3) is 4.44. The van der Waals surface area contributed by atoms with Gasteiger partial charge in [0.25, 0.3) is 0 Å². The number of carbonyl (C=O) groups excluding carboxylic acids is 2. The van der Waals surface area contributed by atoms with Crippen molar-refractivity contribution in [1.29, 1.82) is 0 Å². The van der Waals surface area contributed by atoms with E-state index in [1.165, 1.54) is 0 Å². The molecule has 2 amide bonds. The van der Waals surface area contributed by atoms with E-state index in [2.05, 4.69) is 9.88 Å². The molecule has 1 aromatic heterocycles. The minimum absolute atomic E-state index is 0.219. The van der Waals surface area contributed by atoms with Gasteiger partial charge in [-0.15, -0.1) is 0 Å². The number of carbonyl (C=O) groups is 2. The van der Waals surface area contributed by atoms with E-state index < -0.39 is 0 Å². The minimum Gasteiger partial charge on any atom is -0.462 e. The molecular formula is C24H24ClN3O3. The number of halogens is 1. The fraction of sp³-hybridized carbons (Fsp3) is 0.250. The molecule has 3 aromatic rings. The Morgan fingerprint density at radius 2 is 1.84 bits per heavy atom. The molecule has 1 aliphatic heterocycles. The molecule has 1 atom stereocenters. The Kier molecular flexibility index (Phi) is 6.28. The van der Waals surface area contributed by atoms with Crippen LogP contribution < -0.4 is 5.32 Å². The summed E-state index contributed by atoms with van der Waals surface area (Å²) in [4.78, 5) is 27.0. The van der Waals surface area contributed by atoms with Gasteiger partial charge < -0.3 is 19.5 Å². The van der Waals surface area contributed by atoms with E-state index in [0.29, 0.717) is 29.4 Å². The number of esters is 1. The third-order valence-corrected chi connectivity index (χ3v) is 5.71. The number of aryl methyl sites for hydroxylation is 1. The van der Waals surface area contributed by atoms with E-state index in [9.17, 15) is 9.59 Å². The van der Waals surface area contributed by atoms with Crippen LogP contribution in [-0.4, -0.2) is 34.6 Å². The normalized spacial score (nSPS) is 15.7. The van der Waals surface area contributed by atoms with Crippen molar-refractivity contribution in [3.63, 3.8) is 0 Å². The smallest absolute Gasteiger partial charge is 0.338 e. The summed E-state index contributed by atoms with van der Waals surface area (Å²) in [7, 11) is 0. The molecule has 0 aliphatic carbocycles. The molecule has 0 spiro atoms. The highest BCUT2D eigenvalue weighted by atomic mass is 35.5. The maximum Gasteiger partial charge on any atom is 0.338 e. The molecule has 160 valence electrons. The van der Waals surface area contributed by atoms with Crippen molar-refractivity contribution >= 4 is 29.3 Å². The van der Waals surface area contributed by atoms with E-state index in [4.69, 9.17) is 16.3 Å². The maximum atomic E-state index is 13.3. The largest absolute Gasteiger partial charge is 0.462 e.